The molecule has 1 aromatic rings. The second kappa shape index (κ2) is 6.85. The van der Waals surface area contributed by atoms with Crippen LogP contribution in [0.1, 0.15) is 18.4 Å². The van der Waals surface area contributed by atoms with E-state index >= 15 is 0 Å². The van der Waals surface area contributed by atoms with Gasteiger partial charge in [-0.25, -0.2) is 0 Å². The van der Waals surface area contributed by atoms with Crippen LogP contribution in [0.5, 0.6) is 5.75 Å². The lowest BCUT2D eigenvalue weighted by molar-refractivity contribution is -0.140. The van der Waals surface area contributed by atoms with Gasteiger partial charge in [-0.2, -0.15) is 0 Å². The Morgan fingerprint density at radius 1 is 1.31 bits per heavy atom. The highest BCUT2D eigenvalue weighted by Gasteiger charge is 2.00. The molecule has 0 bridgehead atoms. The number of carbonyl (C=O) groups excluding carboxylic acids is 1. The van der Waals surface area contributed by atoms with Crippen molar-refractivity contribution in [1.29, 1.82) is 0 Å². The van der Waals surface area contributed by atoms with Crippen molar-refractivity contribution < 1.29 is 14.3 Å². The van der Waals surface area contributed by atoms with Gasteiger partial charge in [0.05, 0.1) is 13.7 Å². The van der Waals surface area contributed by atoms with E-state index < -0.39 is 0 Å². The van der Waals surface area contributed by atoms with Crippen molar-refractivity contribution >= 4 is 5.97 Å². The Kier molecular flexibility index (Phi) is 5.36. The van der Waals surface area contributed by atoms with Gasteiger partial charge in [-0.1, -0.05) is 12.1 Å². The Hall–Kier alpha value is -1.55. The molecule has 0 atom stereocenters. The van der Waals surface area contributed by atoms with E-state index in [1.54, 1.807) is 0 Å². The molecule has 0 aromatic heterocycles. The van der Waals surface area contributed by atoms with E-state index in [4.69, 9.17) is 10.5 Å². The van der Waals surface area contributed by atoms with Crippen molar-refractivity contribution in [1.82, 2.24) is 0 Å². The second-order valence-corrected chi connectivity index (χ2v) is 3.38. The summed E-state index contributed by atoms with van der Waals surface area (Å²) in [5.41, 5.74) is 6.55. The second-order valence-electron chi connectivity index (χ2n) is 3.38. The molecule has 0 amide bonds. The number of hydrogen-bond donors (Lipinski definition) is 1. The van der Waals surface area contributed by atoms with Gasteiger partial charge in [0.2, 0.25) is 0 Å². The maximum atomic E-state index is 10.8. The van der Waals surface area contributed by atoms with E-state index in [1.165, 1.54) is 7.11 Å². The van der Waals surface area contributed by atoms with Crippen LogP contribution in [0.15, 0.2) is 24.3 Å². The minimum absolute atomic E-state index is 0.206. The Labute approximate surface area is 95.3 Å². The first-order valence-corrected chi connectivity index (χ1v) is 5.25. The van der Waals surface area contributed by atoms with Gasteiger partial charge in [-0.05, 0) is 24.1 Å². The molecule has 0 radical (unpaired) electrons. The average molecular weight is 223 g/mol. The van der Waals surface area contributed by atoms with Gasteiger partial charge in [-0.3, -0.25) is 4.79 Å². The fourth-order valence-corrected chi connectivity index (χ4v) is 1.23. The number of ether oxygens (including phenoxy) is 2. The van der Waals surface area contributed by atoms with Gasteiger partial charge >= 0.3 is 5.97 Å². The van der Waals surface area contributed by atoms with Crippen LogP contribution < -0.4 is 10.5 Å². The molecule has 16 heavy (non-hydrogen) atoms. The van der Waals surface area contributed by atoms with Crippen molar-refractivity contribution in [2.24, 2.45) is 5.73 Å². The maximum absolute atomic E-state index is 10.8. The van der Waals surface area contributed by atoms with Crippen LogP contribution in [0.4, 0.5) is 0 Å². The first kappa shape index (κ1) is 12.5. The molecule has 1 rings (SSSR count). The summed E-state index contributed by atoms with van der Waals surface area (Å²) in [6, 6.07) is 7.60. The summed E-state index contributed by atoms with van der Waals surface area (Å²) in [6.07, 6.45) is 1.04. The number of hydrogen-bond acceptors (Lipinski definition) is 4. The largest absolute Gasteiger partial charge is 0.494 e. The number of methoxy groups -OCH3 is 1. The quantitative estimate of drug-likeness (QED) is 0.586. The van der Waals surface area contributed by atoms with E-state index in [-0.39, 0.29) is 5.97 Å². The van der Waals surface area contributed by atoms with Crippen molar-refractivity contribution in [3.8, 4) is 5.75 Å². The van der Waals surface area contributed by atoms with Crippen molar-refractivity contribution in [3.05, 3.63) is 29.8 Å². The minimum Gasteiger partial charge on any atom is -0.494 e. The van der Waals surface area contributed by atoms with Crippen LogP contribution in [0.25, 0.3) is 0 Å². The van der Waals surface area contributed by atoms with Crippen LogP contribution >= 0.6 is 0 Å². The third kappa shape index (κ3) is 4.31. The lowest BCUT2D eigenvalue weighted by Gasteiger charge is -2.06. The Balaban J connectivity index is 2.24. The standard InChI is InChI=1S/C12H17NO3/c1-15-12(14)3-2-8-16-11-6-4-10(9-13)5-7-11/h4-7H,2-3,8-9,13H2,1H3. The van der Waals surface area contributed by atoms with E-state index in [1.807, 2.05) is 24.3 Å². The molecule has 1 aromatic carbocycles. The monoisotopic (exact) mass is 223 g/mol. The molecule has 0 aliphatic rings. The normalized spacial score (nSPS) is 9.88. The summed E-state index contributed by atoms with van der Waals surface area (Å²) in [7, 11) is 1.38. The number of carbonyl (C=O) groups is 1. The summed E-state index contributed by atoms with van der Waals surface area (Å²) in [5, 5.41) is 0. The molecule has 0 heterocycles. The fraction of sp³-hybridized carbons (Fsp3) is 0.417. The van der Waals surface area contributed by atoms with Crippen molar-refractivity contribution in [3.63, 3.8) is 0 Å². The van der Waals surface area contributed by atoms with Crippen LogP contribution in [0.3, 0.4) is 0 Å². The van der Waals surface area contributed by atoms with E-state index in [0.717, 1.165) is 11.3 Å². The molecule has 0 aliphatic heterocycles. The minimum atomic E-state index is -0.206. The highest BCUT2D eigenvalue weighted by atomic mass is 16.5. The lowest BCUT2D eigenvalue weighted by atomic mass is 10.2. The number of esters is 1. The third-order valence-corrected chi connectivity index (χ3v) is 2.18. The summed E-state index contributed by atoms with van der Waals surface area (Å²) >= 11 is 0. The first-order valence-electron chi connectivity index (χ1n) is 5.25. The molecule has 0 aliphatic carbocycles. The highest BCUT2D eigenvalue weighted by molar-refractivity contribution is 5.68. The van der Waals surface area contributed by atoms with Gasteiger partial charge < -0.3 is 15.2 Å². The summed E-state index contributed by atoms with van der Waals surface area (Å²) in [5.74, 6) is 0.587. The zero-order valence-corrected chi connectivity index (χ0v) is 9.44. The van der Waals surface area contributed by atoms with Crippen LogP contribution in [0.2, 0.25) is 0 Å². The average Bonchev–Trinajstić information content (AvgIpc) is 2.35. The van der Waals surface area contributed by atoms with E-state index in [0.29, 0.717) is 26.0 Å². The molecule has 0 spiro atoms. The summed E-state index contributed by atoms with van der Waals surface area (Å²) in [4.78, 5) is 10.8. The molecule has 4 nitrogen and oxygen atoms in total. The topological polar surface area (TPSA) is 61.5 Å². The lowest BCUT2D eigenvalue weighted by Crippen LogP contribution is -2.04. The third-order valence-electron chi connectivity index (χ3n) is 2.18. The van der Waals surface area contributed by atoms with Crippen LogP contribution in [-0.4, -0.2) is 19.7 Å². The number of rotatable bonds is 6. The first-order chi connectivity index (χ1) is 7.76. The Bertz CT molecular complexity index is 322. The predicted octanol–water partition coefficient (Wildman–Crippen LogP) is 1.48. The van der Waals surface area contributed by atoms with Gasteiger partial charge in [0.15, 0.2) is 0 Å². The van der Waals surface area contributed by atoms with Gasteiger partial charge in [0.25, 0.3) is 0 Å². The smallest absolute Gasteiger partial charge is 0.305 e. The molecule has 0 saturated heterocycles. The van der Waals surface area contributed by atoms with Crippen LogP contribution in [0, 0.1) is 0 Å². The van der Waals surface area contributed by atoms with Gasteiger partial charge in [0, 0.05) is 13.0 Å². The van der Waals surface area contributed by atoms with Gasteiger partial charge in [-0.15, -0.1) is 0 Å². The molecule has 0 fully saturated rings. The zero-order chi connectivity index (χ0) is 11.8. The molecule has 0 saturated carbocycles. The molecular formula is C12H17NO3. The van der Waals surface area contributed by atoms with E-state index in [9.17, 15) is 4.79 Å². The number of nitrogens with two attached hydrogens (primary N) is 1. The highest BCUT2D eigenvalue weighted by Crippen LogP contribution is 2.12. The van der Waals surface area contributed by atoms with Gasteiger partial charge in [0.1, 0.15) is 5.75 Å². The van der Waals surface area contributed by atoms with E-state index in [2.05, 4.69) is 4.74 Å². The van der Waals surface area contributed by atoms with Crippen molar-refractivity contribution in [2.75, 3.05) is 13.7 Å². The SMILES string of the molecule is COC(=O)CCCOc1ccc(CN)cc1. The fourth-order valence-electron chi connectivity index (χ4n) is 1.23. The van der Waals surface area contributed by atoms with Crippen LogP contribution in [-0.2, 0) is 16.1 Å². The zero-order valence-electron chi connectivity index (χ0n) is 9.44. The molecule has 0 unspecified atom stereocenters. The maximum Gasteiger partial charge on any atom is 0.305 e. The molecule has 4 heteroatoms. The summed E-state index contributed by atoms with van der Waals surface area (Å²) < 4.78 is 9.98. The molecular weight excluding hydrogens is 206 g/mol. The Morgan fingerprint density at radius 3 is 2.56 bits per heavy atom. The summed E-state index contributed by atoms with van der Waals surface area (Å²) in [6.45, 7) is 1.04. The molecule has 2 N–H and O–H groups in total. The number of benzene rings is 1. The van der Waals surface area contributed by atoms with Crippen molar-refractivity contribution in [2.45, 2.75) is 19.4 Å². The Morgan fingerprint density at radius 2 is 2.00 bits per heavy atom. The predicted molar refractivity (Wildman–Crippen MR) is 61.1 cm³/mol. The molecule has 88 valence electrons.